The third-order valence-electron chi connectivity index (χ3n) is 4.04. The van der Waals surface area contributed by atoms with Crippen LogP contribution in [0.1, 0.15) is 27.5 Å². The molecule has 0 aromatic heterocycles. The lowest BCUT2D eigenvalue weighted by Crippen LogP contribution is -2.30. The van der Waals surface area contributed by atoms with Crippen molar-refractivity contribution in [3.8, 4) is 0 Å². The smallest absolute Gasteiger partial charge is 0.254 e. The first-order chi connectivity index (χ1) is 12.7. The van der Waals surface area contributed by atoms with Crippen LogP contribution in [0.3, 0.4) is 0 Å². The van der Waals surface area contributed by atoms with Gasteiger partial charge in [-0.05, 0) is 17.2 Å². The predicted octanol–water partition coefficient (Wildman–Crippen LogP) is 2.57. The van der Waals surface area contributed by atoms with Gasteiger partial charge >= 0.3 is 0 Å². The molecular weight excluding hydrogens is 323 g/mol. The molecule has 3 aromatic rings. The van der Waals surface area contributed by atoms with Gasteiger partial charge in [0.05, 0.1) is 17.3 Å². The highest BCUT2D eigenvalue weighted by atomic mass is 16.2. The SMILES string of the molecule is [B]c1ccc(NC=O)c(C(=O)NC(c2ccccc2)c2ccccc2)c1. The first-order valence-corrected chi connectivity index (χ1v) is 8.19. The van der Waals surface area contributed by atoms with Crippen LogP contribution in [0.15, 0.2) is 78.9 Å². The molecular formula is C21H17BN2O2. The van der Waals surface area contributed by atoms with Crippen LogP contribution in [-0.4, -0.2) is 20.2 Å². The van der Waals surface area contributed by atoms with E-state index in [9.17, 15) is 9.59 Å². The van der Waals surface area contributed by atoms with Gasteiger partial charge in [0, 0.05) is 0 Å². The molecule has 2 radical (unpaired) electrons. The van der Waals surface area contributed by atoms with Crippen LogP contribution in [0.25, 0.3) is 0 Å². The lowest BCUT2D eigenvalue weighted by molar-refractivity contribution is -0.105. The molecule has 0 saturated heterocycles. The molecule has 0 fully saturated rings. The van der Waals surface area contributed by atoms with E-state index in [2.05, 4.69) is 10.6 Å². The maximum absolute atomic E-state index is 12.9. The van der Waals surface area contributed by atoms with Crippen LogP contribution in [-0.2, 0) is 4.79 Å². The maximum Gasteiger partial charge on any atom is 0.254 e. The summed E-state index contributed by atoms with van der Waals surface area (Å²) in [5.74, 6) is -0.320. The highest BCUT2D eigenvalue weighted by molar-refractivity contribution is 6.33. The van der Waals surface area contributed by atoms with E-state index in [-0.39, 0.29) is 11.9 Å². The van der Waals surface area contributed by atoms with Gasteiger partial charge in [0.1, 0.15) is 7.85 Å². The van der Waals surface area contributed by atoms with Crippen molar-refractivity contribution in [2.24, 2.45) is 0 Å². The predicted molar refractivity (Wildman–Crippen MR) is 104 cm³/mol. The van der Waals surface area contributed by atoms with E-state index in [1.807, 2.05) is 60.7 Å². The highest BCUT2D eigenvalue weighted by Crippen LogP contribution is 2.23. The number of benzene rings is 3. The molecule has 0 aliphatic carbocycles. The second-order valence-electron chi connectivity index (χ2n) is 5.80. The van der Waals surface area contributed by atoms with Crippen molar-refractivity contribution < 1.29 is 9.59 Å². The first kappa shape index (κ1) is 17.5. The lowest BCUT2D eigenvalue weighted by Gasteiger charge is -2.21. The fraction of sp³-hybridized carbons (Fsp3) is 0.0476. The molecule has 0 bridgehead atoms. The van der Waals surface area contributed by atoms with Gasteiger partial charge in [-0.3, -0.25) is 9.59 Å². The van der Waals surface area contributed by atoms with Crippen LogP contribution >= 0.6 is 0 Å². The maximum atomic E-state index is 12.9. The van der Waals surface area contributed by atoms with Crippen molar-refractivity contribution in [1.82, 2.24) is 5.32 Å². The van der Waals surface area contributed by atoms with E-state index in [4.69, 9.17) is 7.85 Å². The quantitative estimate of drug-likeness (QED) is 0.535. The Labute approximate surface area is 153 Å². The second-order valence-corrected chi connectivity index (χ2v) is 5.80. The lowest BCUT2D eigenvalue weighted by atomic mass is 9.92. The Morgan fingerprint density at radius 2 is 1.46 bits per heavy atom. The summed E-state index contributed by atoms with van der Waals surface area (Å²) >= 11 is 0. The van der Waals surface area contributed by atoms with Gasteiger partial charge in [0.2, 0.25) is 6.41 Å². The fourth-order valence-corrected chi connectivity index (χ4v) is 2.80. The van der Waals surface area contributed by atoms with Crippen molar-refractivity contribution in [2.75, 3.05) is 5.32 Å². The number of rotatable bonds is 6. The number of hydrogen-bond donors (Lipinski definition) is 2. The van der Waals surface area contributed by atoms with Gasteiger partial charge in [-0.25, -0.2) is 0 Å². The van der Waals surface area contributed by atoms with Crippen LogP contribution in [0.2, 0.25) is 0 Å². The largest absolute Gasteiger partial charge is 0.341 e. The van der Waals surface area contributed by atoms with Gasteiger partial charge in [0.15, 0.2) is 0 Å². The van der Waals surface area contributed by atoms with Gasteiger partial charge in [0.25, 0.3) is 5.91 Å². The molecule has 3 aromatic carbocycles. The van der Waals surface area contributed by atoms with E-state index >= 15 is 0 Å². The third-order valence-corrected chi connectivity index (χ3v) is 4.04. The van der Waals surface area contributed by atoms with Crippen molar-refractivity contribution >= 4 is 31.3 Å². The minimum Gasteiger partial charge on any atom is -0.341 e. The van der Waals surface area contributed by atoms with Crippen LogP contribution in [0.4, 0.5) is 5.69 Å². The van der Waals surface area contributed by atoms with E-state index in [1.165, 1.54) is 0 Å². The Hall–Kier alpha value is -3.34. The summed E-state index contributed by atoms with van der Waals surface area (Å²) in [6, 6.07) is 23.9. The zero-order chi connectivity index (χ0) is 18.4. The topological polar surface area (TPSA) is 58.2 Å². The average Bonchev–Trinajstić information content (AvgIpc) is 2.69. The van der Waals surface area contributed by atoms with Gasteiger partial charge < -0.3 is 10.6 Å². The molecule has 3 rings (SSSR count). The molecule has 0 aliphatic heterocycles. The Morgan fingerprint density at radius 3 is 2.00 bits per heavy atom. The summed E-state index contributed by atoms with van der Waals surface area (Å²) in [6.45, 7) is 0. The molecule has 0 spiro atoms. The average molecular weight is 340 g/mol. The summed E-state index contributed by atoms with van der Waals surface area (Å²) in [6.07, 6.45) is 0.536. The molecule has 5 heteroatoms. The van der Waals surface area contributed by atoms with Crippen molar-refractivity contribution in [2.45, 2.75) is 6.04 Å². The monoisotopic (exact) mass is 340 g/mol. The Bertz CT molecular complexity index is 859. The normalized spacial score (nSPS) is 10.3. The molecule has 26 heavy (non-hydrogen) atoms. The molecule has 0 atom stereocenters. The highest BCUT2D eigenvalue weighted by Gasteiger charge is 2.19. The van der Waals surface area contributed by atoms with E-state index in [0.717, 1.165) is 11.1 Å². The summed E-state index contributed by atoms with van der Waals surface area (Å²) in [5.41, 5.74) is 3.09. The zero-order valence-corrected chi connectivity index (χ0v) is 14.1. The molecule has 126 valence electrons. The molecule has 0 heterocycles. The Kier molecular flexibility index (Phi) is 5.49. The number of anilines is 1. The van der Waals surface area contributed by atoms with Crippen LogP contribution < -0.4 is 16.1 Å². The number of amides is 2. The van der Waals surface area contributed by atoms with Crippen molar-refractivity contribution in [3.05, 3.63) is 95.6 Å². The number of carbonyl (C=O) groups excluding carboxylic acids is 2. The molecule has 0 unspecified atom stereocenters. The van der Waals surface area contributed by atoms with Gasteiger partial charge in [-0.15, -0.1) is 0 Å². The Balaban J connectivity index is 1.96. The Morgan fingerprint density at radius 1 is 0.885 bits per heavy atom. The second kappa shape index (κ2) is 8.16. The summed E-state index contributed by atoms with van der Waals surface area (Å²) in [4.78, 5) is 23.8. The van der Waals surface area contributed by atoms with Crippen molar-refractivity contribution in [1.29, 1.82) is 0 Å². The first-order valence-electron chi connectivity index (χ1n) is 8.19. The molecule has 0 saturated carbocycles. The standard InChI is InChI=1S/C21H17BN2O2/c22-17-11-12-19(23-14-25)18(13-17)21(26)24-20(15-7-3-1-4-8-15)16-9-5-2-6-10-16/h1-14,20H,(H,23,25)(H,24,26). The molecule has 4 nitrogen and oxygen atoms in total. The van der Waals surface area contributed by atoms with Crippen LogP contribution in [0, 0.1) is 0 Å². The molecule has 2 amide bonds. The number of carbonyl (C=O) groups is 2. The summed E-state index contributed by atoms with van der Waals surface area (Å²) in [7, 11) is 5.82. The van der Waals surface area contributed by atoms with Crippen molar-refractivity contribution in [3.63, 3.8) is 0 Å². The molecule has 2 N–H and O–H groups in total. The van der Waals surface area contributed by atoms with Gasteiger partial charge in [-0.2, -0.15) is 0 Å². The third kappa shape index (κ3) is 4.01. The minimum atomic E-state index is -0.324. The van der Waals surface area contributed by atoms with Crippen LogP contribution in [0.5, 0.6) is 0 Å². The molecule has 0 aliphatic rings. The number of nitrogens with one attached hydrogen (secondary N) is 2. The number of hydrogen-bond acceptors (Lipinski definition) is 2. The zero-order valence-electron chi connectivity index (χ0n) is 14.1. The summed E-state index contributed by atoms with van der Waals surface area (Å²) < 4.78 is 0. The minimum absolute atomic E-state index is 0.314. The van der Waals surface area contributed by atoms with E-state index in [0.29, 0.717) is 23.1 Å². The van der Waals surface area contributed by atoms with E-state index in [1.54, 1.807) is 18.2 Å². The summed E-state index contributed by atoms with van der Waals surface area (Å²) in [5, 5.41) is 5.58. The van der Waals surface area contributed by atoms with E-state index < -0.39 is 0 Å². The fourth-order valence-electron chi connectivity index (χ4n) is 2.80. The van der Waals surface area contributed by atoms with Gasteiger partial charge in [-0.1, -0.05) is 78.3 Å².